The fourth-order valence-corrected chi connectivity index (χ4v) is 1.69. The van der Waals surface area contributed by atoms with Crippen LogP contribution in [0.5, 0.6) is 0 Å². The van der Waals surface area contributed by atoms with Crippen molar-refractivity contribution in [2.75, 3.05) is 18.9 Å². The van der Waals surface area contributed by atoms with Crippen LogP contribution in [0.25, 0.3) is 0 Å². The van der Waals surface area contributed by atoms with Gasteiger partial charge >= 0.3 is 0 Å². The molecule has 1 rings (SSSR count). The summed E-state index contributed by atoms with van der Waals surface area (Å²) in [6, 6.07) is 8.50. The number of anilines is 1. The van der Waals surface area contributed by atoms with Crippen LogP contribution in [0.3, 0.4) is 0 Å². The molecule has 0 atom stereocenters. The lowest BCUT2D eigenvalue weighted by atomic mass is 9.87. The zero-order valence-electron chi connectivity index (χ0n) is 11.8. The van der Waals surface area contributed by atoms with E-state index >= 15 is 0 Å². The average Bonchev–Trinajstić information content (AvgIpc) is 2.33. The number of amides is 1. The van der Waals surface area contributed by atoms with Crippen molar-refractivity contribution >= 4 is 11.6 Å². The van der Waals surface area contributed by atoms with Gasteiger partial charge in [0, 0.05) is 25.7 Å². The average molecular weight is 248 g/mol. The fourth-order valence-electron chi connectivity index (χ4n) is 1.69. The van der Waals surface area contributed by atoms with Gasteiger partial charge in [0.1, 0.15) is 0 Å². The van der Waals surface area contributed by atoms with Gasteiger partial charge in [0.05, 0.1) is 0 Å². The van der Waals surface area contributed by atoms with Gasteiger partial charge in [0.15, 0.2) is 0 Å². The lowest BCUT2D eigenvalue weighted by Gasteiger charge is -2.19. The van der Waals surface area contributed by atoms with Crippen LogP contribution in [0, 0.1) is 0 Å². The van der Waals surface area contributed by atoms with Crippen molar-refractivity contribution in [3.8, 4) is 0 Å². The number of carbonyl (C=O) groups is 1. The van der Waals surface area contributed by atoms with Gasteiger partial charge in [-0.05, 0) is 29.5 Å². The summed E-state index contributed by atoms with van der Waals surface area (Å²) in [6.45, 7) is 7.44. The highest BCUT2D eigenvalue weighted by Gasteiger charge is 2.12. The van der Waals surface area contributed by atoms with Crippen LogP contribution in [0.15, 0.2) is 24.3 Å². The first-order valence-corrected chi connectivity index (χ1v) is 6.48. The minimum atomic E-state index is 0.0971. The second kappa shape index (κ2) is 6.43. The lowest BCUT2D eigenvalue weighted by molar-refractivity contribution is -0.120. The first kappa shape index (κ1) is 14.6. The van der Waals surface area contributed by atoms with E-state index in [4.69, 9.17) is 0 Å². The minimum Gasteiger partial charge on any atom is -0.385 e. The minimum absolute atomic E-state index is 0.0971. The summed E-state index contributed by atoms with van der Waals surface area (Å²) in [5.74, 6) is 0.0971. The molecule has 0 aliphatic rings. The molecule has 0 aromatic heterocycles. The van der Waals surface area contributed by atoms with Crippen LogP contribution >= 0.6 is 0 Å². The van der Waals surface area contributed by atoms with Gasteiger partial charge in [-0.2, -0.15) is 0 Å². The van der Waals surface area contributed by atoms with E-state index in [1.165, 1.54) is 5.56 Å². The van der Waals surface area contributed by atoms with E-state index in [9.17, 15) is 4.79 Å². The molecular weight excluding hydrogens is 224 g/mol. The summed E-state index contributed by atoms with van der Waals surface area (Å²) in [5, 5.41) is 5.94. The Kier molecular flexibility index (Phi) is 5.20. The van der Waals surface area contributed by atoms with Crippen molar-refractivity contribution in [3.05, 3.63) is 29.8 Å². The Bertz CT molecular complexity index is 376. The maximum absolute atomic E-state index is 11.0. The molecule has 0 spiro atoms. The topological polar surface area (TPSA) is 41.1 Å². The third kappa shape index (κ3) is 4.78. The number of carbonyl (C=O) groups excluding carboxylic acids is 1. The Balaban J connectivity index is 2.38. The number of benzene rings is 1. The Morgan fingerprint density at radius 3 is 2.28 bits per heavy atom. The van der Waals surface area contributed by atoms with Crippen LogP contribution in [0.2, 0.25) is 0 Å². The van der Waals surface area contributed by atoms with Crippen molar-refractivity contribution in [2.24, 2.45) is 0 Å². The molecule has 1 aromatic carbocycles. The maximum atomic E-state index is 11.0. The van der Waals surface area contributed by atoms with E-state index in [1.807, 2.05) is 0 Å². The molecule has 2 N–H and O–H groups in total. The van der Waals surface area contributed by atoms with Gasteiger partial charge < -0.3 is 10.6 Å². The molecule has 0 saturated carbocycles. The second-order valence-corrected chi connectivity index (χ2v) is 5.53. The van der Waals surface area contributed by atoms with E-state index in [1.54, 1.807) is 7.05 Å². The Hall–Kier alpha value is -1.51. The molecule has 0 aliphatic heterocycles. The van der Waals surface area contributed by atoms with Crippen molar-refractivity contribution < 1.29 is 4.79 Å². The maximum Gasteiger partial charge on any atom is 0.219 e. The number of nitrogens with one attached hydrogen (secondary N) is 2. The Labute approximate surface area is 110 Å². The Morgan fingerprint density at radius 1 is 1.17 bits per heavy atom. The van der Waals surface area contributed by atoms with E-state index in [0.29, 0.717) is 6.42 Å². The monoisotopic (exact) mass is 248 g/mol. The van der Waals surface area contributed by atoms with Crippen LogP contribution in [-0.4, -0.2) is 19.5 Å². The molecule has 1 aromatic rings. The number of rotatable bonds is 5. The summed E-state index contributed by atoms with van der Waals surface area (Å²) >= 11 is 0. The normalized spacial score (nSPS) is 11.1. The van der Waals surface area contributed by atoms with E-state index in [0.717, 1.165) is 18.7 Å². The van der Waals surface area contributed by atoms with Gasteiger partial charge in [-0.15, -0.1) is 0 Å². The molecule has 0 bridgehead atoms. The molecule has 0 unspecified atom stereocenters. The van der Waals surface area contributed by atoms with E-state index in [2.05, 4.69) is 55.7 Å². The summed E-state index contributed by atoms with van der Waals surface area (Å²) in [5.41, 5.74) is 2.64. The number of hydrogen-bond donors (Lipinski definition) is 2. The predicted molar refractivity (Wildman–Crippen MR) is 76.9 cm³/mol. The molecule has 3 nitrogen and oxygen atoms in total. The standard InChI is InChI=1S/C15H24N2O/c1-15(2,3)12-7-9-13(10-8-12)17-11-5-6-14(18)16-4/h7-10,17H,5-6,11H2,1-4H3,(H,16,18). The van der Waals surface area contributed by atoms with E-state index < -0.39 is 0 Å². The van der Waals surface area contributed by atoms with Gasteiger partial charge in [-0.25, -0.2) is 0 Å². The summed E-state index contributed by atoms with van der Waals surface area (Å²) in [4.78, 5) is 11.0. The molecule has 3 heteroatoms. The molecule has 0 heterocycles. The highest BCUT2D eigenvalue weighted by molar-refractivity contribution is 5.75. The largest absolute Gasteiger partial charge is 0.385 e. The highest BCUT2D eigenvalue weighted by Crippen LogP contribution is 2.23. The predicted octanol–water partition coefficient (Wildman–Crippen LogP) is 2.92. The third-order valence-electron chi connectivity index (χ3n) is 2.94. The first-order valence-electron chi connectivity index (χ1n) is 6.48. The molecule has 1 amide bonds. The summed E-state index contributed by atoms with van der Waals surface area (Å²) < 4.78 is 0. The van der Waals surface area contributed by atoms with Crippen molar-refractivity contribution in [3.63, 3.8) is 0 Å². The third-order valence-corrected chi connectivity index (χ3v) is 2.94. The van der Waals surface area contributed by atoms with Crippen LogP contribution in [-0.2, 0) is 10.2 Å². The van der Waals surface area contributed by atoms with Crippen LogP contribution < -0.4 is 10.6 Å². The molecule has 18 heavy (non-hydrogen) atoms. The molecule has 0 radical (unpaired) electrons. The summed E-state index contributed by atoms with van der Waals surface area (Å²) in [6.07, 6.45) is 1.42. The molecule has 0 saturated heterocycles. The molecule has 0 fully saturated rings. The number of hydrogen-bond acceptors (Lipinski definition) is 2. The first-order chi connectivity index (χ1) is 8.43. The van der Waals surface area contributed by atoms with Gasteiger partial charge in [-0.3, -0.25) is 4.79 Å². The van der Waals surface area contributed by atoms with Crippen molar-refractivity contribution in [2.45, 2.75) is 39.0 Å². The smallest absolute Gasteiger partial charge is 0.219 e. The van der Waals surface area contributed by atoms with Crippen molar-refractivity contribution in [1.82, 2.24) is 5.32 Å². The second-order valence-electron chi connectivity index (χ2n) is 5.53. The van der Waals surface area contributed by atoms with Gasteiger partial charge in [0.2, 0.25) is 5.91 Å². The van der Waals surface area contributed by atoms with Gasteiger partial charge in [0.25, 0.3) is 0 Å². The highest BCUT2D eigenvalue weighted by atomic mass is 16.1. The molecule has 100 valence electrons. The Morgan fingerprint density at radius 2 is 1.78 bits per heavy atom. The van der Waals surface area contributed by atoms with E-state index in [-0.39, 0.29) is 11.3 Å². The van der Waals surface area contributed by atoms with Gasteiger partial charge in [-0.1, -0.05) is 32.9 Å². The molecular formula is C15H24N2O. The van der Waals surface area contributed by atoms with Crippen LogP contribution in [0.4, 0.5) is 5.69 Å². The fraction of sp³-hybridized carbons (Fsp3) is 0.533. The zero-order valence-corrected chi connectivity index (χ0v) is 11.8. The summed E-state index contributed by atoms with van der Waals surface area (Å²) in [7, 11) is 1.67. The zero-order chi connectivity index (χ0) is 13.6. The quantitative estimate of drug-likeness (QED) is 0.787. The van der Waals surface area contributed by atoms with Crippen LogP contribution in [0.1, 0.15) is 39.2 Å². The lowest BCUT2D eigenvalue weighted by Crippen LogP contribution is -2.18. The SMILES string of the molecule is CNC(=O)CCCNc1ccc(C(C)(C)C)cc1. The van der Waals surface area contributed by atoms with Crippen molar-refractivity contribution in [1.29, 1.82) is 0 Å². The molecule has 0 aliphatic carbocycles.